The standard InChI is InChI=1S/C6H7N3O.ClH/c10-6-8-4-5-3-7-1-2-9(5)6;/h1,3H,2,4H2,(H,8,10);1H. The van der Waals surface area contributed by atoms with Gasteiger partial charge in [0.05, 0.1) is 18.8 Å². The van der Waals surface area contributed by atoms with Crippen molar-refractivity contribution in [1.82, 2.24) is 10.2 Å². The Labute approximate surface area is 70.4 Å². The summed E-state index contributed by atoms with van der Waals surface area (Å²) >= 11 is 0. The Bertz CT molecular complexity index is 236. The summed E-state index contributed by atoms with van der Waals surface area (Å²) in [6.45, 7) is 1.23. The summed E-state index contributed by atoms with van der Waals surface area (Å²) in [6, 6.07) is -0.0163. The van der Waals surface area contributed by atoms with Crippen molar-refractivity contribution in [3.05, 3.63) is 11.9 Å². The third kappa shape index (κ3) is 1.21. The van der Waals surface area contributed by atoms with Gasteiger partial charge in [-0.2, -0.15) is 0 Å². The summed E-state index contributed by atoms with van der Waals surface area (Å²) in [5, 5.41) is 2.70. The van der Waals surface area contributed by atoms with E-state index in [1.54, 1.807) is 17.3 Å². The number of fused-ring (bicyclic) bond motifs is 1. The Balaban J connectivity index is 0.000000605. The topological polar surface area (TPSA) is 44.7 Å². The summed E-state index contributed by atoms with van der Waals surface area (Å²) in [4.78, 5) is 16.5. The molecule has 11 heavy (non-hydrogen) atoms. The molecule has 0 aromatic rings. The Morgan fingerprint density at radius 1 is 1.64 bits per heavy atom. The smallest absolute Gasteiger partial charge is 0.322 e. The average molecular weight is 174 g/mol. The second kappa shape index (κ2) is 2.92. The summed E-state index contributed by atoms with van der Waals surface area (Å²) in [6.07, 6.45) is 3.43. The molecule has 0 saturated carbocycles. The van der Waals surface area contributed by atoms with Gasteiger partial charge in [-0.1, -0.05) is 0 Å². The molecule has 0 radical (unpaired) electrons. The van der Waals surface area contributed by atoms with E-state index in [0.717, 1.165) is 5.70 Å². The molecule has 2 amide bonds. The molecule has 2 heterocycles. The van der Waals surface area contributed by atoms with Gasteiger partial charge >= 0.3 is 6.03 Å². The molecule has 1 fully saturated rings. The lowest BCUT2D eigenvalue weighted by atomic mass is 10.4. The molecule has 60 valence electrons. The fraction of sp³-hybridized carbons (Fsp3) is 0.333. The molecular weight excluding hydrogens is 166 g/mol. The zero-order valence-corrected chi connectivity index (χ0v) is 6.60. The molecule has 0 bridgehead atoms. The highest BCUT2D eigenvalue weighted by atomic mass is 35.5. The minimum Gasteiger partial charge on any atom is -0.332 e. The van der Waals surface area contributed by atoms with Crippen molar-refractivity contribution in [1.29, 1.82) is 0 Å². The molecule has 0 unspecified atom stereocenters. The van der Waals surface area contributed by atoms with Gasteiger partial charge in [0.1, 0.15) is 0 Å². The quantitative estimate of drug-likeness (QED) is 0.565. The number of carbonyl (C=O) groups is 1. The van der Waals surface area contributed by atoms with Gasteiger partial charge in [-0.15, -0.1) is 12.4 Å². The molecule has 1 N–H and O–H groups in total. The lowest BCUT2D eigenvalue weighted by Crippen LogP contribution is -2.29. The van der Waals surface area contributed by atoms with E-state index in [9.17, 15) is 4.79 Å². The summed E-state index contributed by atoms with van der Waals surface area (Å²) < 4.78 is 0. The molecule has 0 aromatic carbocycles. The summed E-state index contributed by atoms with van der Waals surface area (Å²) in [5.41, 5.74) is 0.965. The van der Waals surface area contributed by atoms with E-state index in [1.807, 2.05) is 0 Å². The predicted molar refractivity (Wildman–Crippen MR) is 43.9 cm³/mol. The van der Waals surface area contributed by atoms with Gasteiger partial charge in [0.2, 0.25) is 0 Å². The number of urea groups is 1. The number of rotatable bonds is 0. The van der Waals surface area contributed by atoms with Crippen molar-refractivity contribution in [3.63, 3.8) is 0 Å². The Hall–Kier alpha value is -1.03. The van der Waals surface area contributed by atoms with Crippen LogP contribution in [0.3, 0.4) is 0 Å². The number of nitrogens with zero attached hydrogens (tertiary/aromatic N) is 2. The van der Waals surface area contributed by atoms with Gasteiger partial charge < -0.3 is 5.32 Å². The van der Waals surface area contributed by atoms with E-state index >= 15 is 0 Å². The van der Waals surface area contributed by atoms with Crippen molar-refractivity contribution in [2.75, 3.05) is 13.1 Å². The highest BCUT2D eigenvalue weighted by Crippen LogP contribution is 2.11. The monoisotopic (exact) mass is 173 g/mol. The average Bonchev–Trinajstić information content (AvgIpc) is 2.34. The first kappa shape index (κ1) is 8.07. The van der Waals surface area contributed by atoms with Crippen LogP contribution in [0.2, 0.25) is 0 Å². The predicted octanol–water partition coefficient (Wildman–Crippen LogP) is 0.359. The SMILES string of the molecule is Cl.O=C1NCC2=CN=CCN12. The van der Waals surface area contributed by atoms with Gasteiger partial charge in [0.25, 0.3) is 0 Å². The van der Waals surface area contributed by atoms with Crippen molar-refractivity contribution in [3.8, 4) is 0 Å². The molecule has 0 atom stereocenters. The first-order valence-electron chi connectivity index (χ1n) is 3.14. The number of hydrogen-bond acceptors (Lipinski definition) is 2. The molecule has 4 nitrogen and oxygen atoms in total. The third-order valence-electron chi connectivity index (χ3n) is 1.61. The number of nitrogens with one attached hydrogen (secondary N) is 1. The van der Waals surface area contributed by atoms with Crippen LogP contribution >= 0.6 is 12.4 Å². The molecule has 1 saturated heterocycles. The number of aliphatic imine (C=N–C) groups is 1. The van der Waals surface area contributed by atoms with E-state index in [0.29, 0.717) is 13.1 Å². The van der Waals surface area contributed by atoms with Crippen molar-refractivity contribution < 1.29 is 4.79 Å². The second-order valence-electron chi connectivity index (χ2n) is 2.22. The van der Waals surface area contributed by atoms with Crippen LogP contribution in [0.5, 0.6) is 0 Å². The fourth-order valence-corrected chi connectivity index (χ4v) is 1.07. The molecule has 5 heteroatoms. The van der Waals surface area contributed by atoms with Crippen molar-refractivity contribution >= 4 is 24.7 Å². The molecule has 0 aliphatic carbocycles. The normalized spacial score (nSPS) is 20.2. The van der Waals surface area contributed by atoms with Crippen LogP contribution in [-0.2, 0) is 0 Å². The van der Waals surface area contributed by atoms with E-state index in [2.05, 4.69) is 10.3 Å². The Morgan fingerprint density at radius 3 is 3.18 bits per heavy atom. The minimum atomic E-state index is -0.0163. The zero-order chi connectivity index (χ0) is 6.97. The maximum atomic E-state index is 10.9. The molecule has 2 aliphatic heterocycles. The first-order valence-corrected chi connectivity index (χ1v) is 3.14. The second-order valence-corrected chi connectivity index (χ2v) is 2.22. The molecule has 0 spiro atoms. The zero-order valence-electron chi connectivity index (χ0n) is 5.78. The fourth-order valence-electron chi connectivity index (χ4n) is 1.07. The molecule has 2 rings (SSSR count). The lowest BCUT2D eigenvalue weighted by Gasteiger charge is -2.14. The lowest BCUT2D eigenvalue weighted by molar-refractivity contribution is 0.227. The summed E-state index contributed by atoms with van der Waals surface area (Å²) in [5.74, 6) is 0. The van der Waals surface area contributed by atoms with Crippen LogP contribution in [0.15, 0.2) is 16.9 Å². The Morgan fingerprint density at radius 2 is 2.45 bits per heavy atom. The van der Waals surface area contributed by atoms with Crippen LogP contribution in [0.1, 0.15) is 0 Å². The van der Waals surface area contributed by atoms with E-state index in [1.165, 1.54) is 0 Å². The molecule has 0 aromatic heterocycles. The van der Waals surface area contributed by atoms with E-state index in [4.69, 9.17) is 0 Å². The van der Waals surface area contributed by atoms with Gasteiger partial charge in [-0.3, -0.25) is 9.89 Å². The van der Waals surface area contributed by atoms with Gasteiger partial charge in [-0.25, -0.2) is 4.79 Å². The molecular formula is C6H8ClN3O. The van der Waals surface area contributed by atoms with Crippen molar-refractivity contribution in [2.45, 2.75) is 0 Å². The minimum absolute atomic E-state index is 0. The maximum absolute atomic E-state index is 10.9. The van der Waals surface area contributed by atoms with Crippen LogP contribution in [0.25, 0.3) is 0 Å². The first-order chi connectivity index (χ1) is 4.88. The van der Waals surface area contributed by atoms with Crippen LogP contribution in [-0.4, -0.2) is 30.2 Å². The van der Waals surface area contributed by atoms with E-state index < -0.39 is 0 Å². The highest BCUT2D eigenvalue weighted by molar-refractivity contribution is 5.85. The number of carbonyl (C=O) groups excluding carboxylic acids is 1. The highest BCUT2D eigenvalue weighted by Gasteiger charge is 2.25. The largest absolute Gasteiger partial charge is 0.332 e. The van der Waals surface area contributed by atoms with Gasteiger partial charge in [-0.05, 0) is 0 Å². The van der Waals surface area contributed by atoms with Crippen LogP contribution in [0, 0.1) is 0 Å². The maximum Gasteiger partial charge on any atom is 0.322 e. The van der Waals surface area contributed by atoms with Gasteiger partial charge in [0.15, 0.2) is 0 Å². The van der Waals surface area contributed by atoms with E-state index in [-0.39, 0.29) is 18.4 Å². The number of amides is 2. The third-order valence-corrected chi connectivity index (χ3v) is 1.61. The van der Waals surface area contributed by atoms with Crippen LogP contribution < -0.4 is 5.32 Å². The van der Waals surface area contributed by atoms with Crippen LogP contribution in [0.4, 0.5) is 4.79 Å². The molecule has 2 aliphatic rings. The van der Waals surface area contributed by atoms with Crippen molar-refractivity contribution in [2.24, 2.45) is 4.99 Å². The number of halogens is 1. The summed E-state index contributed by atoms with van der Waals surface area (Å²) in [7, 11) is 0. The van der Waals surface area contributed by atoms with Gasteiger partial charge in [0, 0.05) is 12.4 Å². The Kier molecular flexibility index (Phi) is 2.14. The number of hydrogen-bond donors (Lipinski definition) is 1.